The summed E-state index contributed by atoms with van der Waals surface area (Å²) in [4.78, 5) is 31.0. The molecule has 0 saturated heterocycles. The summed E-state index contributed by atoms with van der Waals surface area (Å²) in [5.41, 5.74) is 3.65. The molecule has 0 radical (unpaired) electrons. The Bertz CT molecular complexity index is 1050. The summed E-state index contributed by atoms with van der Waals surface area (Å²) in [6.45, 7) is 0.716. The normalized spacial score (nSPS) is 13.0. The molecular formula is C22H20FN3O2S2. The van der Waals surface area contributed by atoms with E-state index < -0.39 is 0 Å². The third-order valence-corrected chi connectivity index (χ3v) is 6.44. The van der Waals surface area contributed by atoms with Gasteiger partial charge in [-0.15, -0.1) is 23.1 Å². The van der Waals surface area contributed by atoms with Gasteiger partial charge in [0.2, 0.25) is 11.8 Å². The van der Waals surface area contributed by atoms with E-state index in [-0.39, 0.29) is 29.1 Å². The number of para-hydroxylation sites is 1. The SMILES string of the molecule is O=C(CSCC(=O)N1CCCc2ccccc21)Nc1nc(-c2ccc(F)cc2)cs1. The zero-order chi connectivity index (χ0) is 20.9. The molecule has 0 saturated carbocycles. The van der Waals surface area contributed by atoms with E-state index >= 15 is 0 Å². The standard InChI is InChI=1S/C22H20FN3O2S2/c23-17-9-7-15(8-10-17)18-12-30-22(24-18)25-20(27)13-29-14-21(28)26-11-3-5-16-4-1-2-6-19(16)26/h1-2,4,6-10,12H,3,5,11,13-14H2,(H,24,25,27). The number of thioether (sulfide) groups is 1. The largest absolute Gasteiger partial charge is 0.311 e. The van der Waals surface area contributed by atoms with Crippen LogP contribution in [-0.2, 0) is 16.0 Å². The highest BCUT2D eigenvalue weighted by Crippen LogP contribution is 2.28. The summed E-state index contributed by atoms with van der Waals surface area (Å²) < 4.78 is 13.0. The first-order valence-corrected chi connectivity index (χ1v) is 11.6. The minimum Gasteiger partial charge on any atom is -0.311 e. The molecule has 4 rings (SSSR count). The van der Waals surface area contributed by atoms with Crippen molar-refractivity contribution < 1.29 is 14.0 Å². The van der Waals surface area contributed by atoms with Crippen LogP contribution in [0.25, 0.3) is 11.3 Å². The van der Waals surface area contributed by atoms with Crippen LogP contribution in [0, 0.1) is 5.82 Å². The smallest absolute Gasteiger partial charge is 0.236 e. The van der Waals surface area contributed by atoms with Gasteiger partial charge in [-0.25, -0.2) is 9.37 Å². The zero-order valence-electron chi connectivity index (χ0n) is 16.1. The maximum atomic E-state index is 13.0. The Morgan fingerprint density at radius 1 is 1.13 bits per heavy atom. The number of benzene rings is 2. The molecule has 5 nitrogen and oxygen atoms in total. The maximum absolute atomic E-state index is 13.0. The van der Waals surface area contributed by atoms with Gasteiger partial charge in [-0.1, -0.05) is 18.2 Å². The van der Waals surface area contributed by atoms with E-state index in [0.29, 0.717) is 17.4 Å². The van der Waals surface area contributed by atoms with Crippen molar-refractivity contribution in [3.05, 3.63) is 65.3 Å². The number of halogens is 1. The summed E-state index contributed by atoms with van der Waals surface area (Å²) in [6.07, 6.45) is 1.94. The van der Waals surface area contributed by atoms with Gasteiger partial charge in [0.05, 0.1) is 17.2 Å². The first kappa shape index (κ1) is 20.6. The van der Waals surface area contributed by atoms with E-state index in [1.807, 2.05) is 28.5 Å². The summed E-state index contributed by atoms with van der Waals surface area (Å²) >= 11 is 2.60. The van der Waals surface area contributed by atoms with Gasteiger partial charge in [0.15, 0.2) is 5.13 Å². The molecule has 0 aliphatic carbocycles. The quantitative estimate of drug-likeness (QED) is 0.607. The highest BCUT2D eigenvalue weighted by molar-refractivity contribution is 8.00. The number of nitrogens with one attached hydrogen (secondary N) is 1. The Balaban J connectivity index is 1.27. The number of anilines is 2. The van der Waals surface area contributed by atoms with Crippen LogP contribution in [0.4, 0.5) is 15.2 Å². The topological polar surface area (TPSA) is 62.3 Å². The number of hydrogen-bond donors (Lipinski definition) is 1. The van der Waals surface area contributed by atoms with Gasteiger partial charge >= 0.3 is 0 Å². The van der Waals surface area contributed by atoms with Crippen molar-refractivity contribution in [3.63, 3.8) is 0 Å². The predicted octanol–water partition coefficient (Wildman–Crippen LogP) is 4.60. The summed E-state index contributed by atoms with van der Waals surface area (Å²) in [5.74, 6) is -0.0607. The van der Waals surface area contributed by atoms with Crippen molar-refractivity contribution in [1.29, 1.82) is 0 Å². The van der Waals surface area contributed by atoms with E-state index in [0.717, 1.165) is 24.1 Å². The lowest BCUT2D eigenvalue weighted by Gasteiger charge is -2.29. The van der Waals surface area contributed by atoms with Crippen molar-refractivity contribution in [1.82, 2.24) is 4.98 Å². The Labute approximate surface area is 182 Å². The number of nitrogens with zero attached hydrogens (tertiary/aromatic N) is 2. The van der Waals surface area contributed by atoms with Crippen molar-refractivity contribution in [2.24, 2.45) is 0 Å². The van der Waals surface area contributed by atoms with Gasteiger partial charge in [0.25, 0.3) is 0 Å². The number of aryl methyl sites for hydroxylation is 1. The minimum absolute atomic E-state index is 0.0211. The lowest BCUT2D eigenvalue weighted by Crippen LogP contribution is -2.36. The molecule has 0 atom stereocenters. The first-order valence-electron chi connectivity index (χ1n) is 9.57. The molecule has 0 spiro atoms. The zero-order valence-corrected chi connectivity index (χ0v) is 17.8. The van der Waals surface area contributed by atoms with Crippen LogP contribution in [0.1, 0.15) is 12.0 Å². The summed E-state index contributed by atoms with van der Waals surface area (Å²) in [5, 5.41) is 5.06. The van der Waals surface area contributed by atoms with E-state index in [4.69, 9.17) is 0 Å². The Morgan fingerprint density at radius 2 is 1.93 bits per heavy atom. The molecule has 1 aliphatic rings. The van der Waals surface area contributed by atoms with E-state index in [2.05, 4.69) is 16.4 Å². The predicted molar refractivity (Wildman–Crippen MR) is 121 cm³/mol. The van der Waals surface area contributed by atoms with Crippen molar-refractivity contribution in [2.75, 3.05) is 28.3 Å². The van der Waals surface area contributed by atoms with Crippen molar-refractivity contribution in [3.8, 4) is 11.3 Å². The van der Waals surface area contributed by atoms with Gasteiger partial charge < -0.3 is 10.2 Å². The molecule has 154 valence electrons. The van der Waals surface area contributed by atoms with Crippen molar-refractivity contribution in [2.45, 2.75) is 12.8 Å². The fraction of sp³-hybridized carbons (Fsp3) is 0.227. The van der Waals surface area contributed by atoms with E-state index in [9.17, 15) is 14.0 Å². The molecule has 3 aromatic rings. The van der Waals surface area contributed by atoms with Crippen LogP contribution in [0.15, 0.2) is 53.9 Å². The van der Waals surface area contributed by atoms with Crippen molar-refractivity contribution >= 4 is 45.7 Å². The summed E-state index contributed by atoms with van der Waals surface area (Å²) in [6, 6.07) is 14.0. The highest BCUT2D eigenvalue weighted by atomic mass is 32.2. The van der Waals surface area contributed by atoms with Crippen LogP contribution in [0.3, 0.4) is 0 Å². The van der Waals surface area contributed by atoms with Gasteiger partial charge in [-0.3, -0.25) is 9.59 Å². The average Bonchev–Trinajstić information content (AvgIpc) is 3.22. The first-order chi connectivity index (χ1) is 14.6. The third-order valence-electron chi connectivity index (χ3n) is 4.76. The Hall–Kier alpha value is -2.71. The maximum Gasteiger partial charge on any atom is 0.236 e. The van der Waals surface area contributed by atoms with Crippen LogP contribution in [0.2, 0.25) is 0 Å². The van der Waals surface area contributed by atoms with Gasteiger partial charge in [-0.05, 0) is 48.7 Å². The second-order valence-electron chi connectivity index (χ2n) is 6.86. The molecule has 2 aromatic carbocycles. The monoisotopic (exact) mass is 441 g/mol. The molecule has 1 N–H and O–H groups in total. The number of carbonyl (C=O) groups is 2. The lowest BCUT2D eigenvalue weighted by atomic mass is 10.0. The highest BCUT2D eigenvalue weighted by Gasteiger charge is 2.22. The fourth-order valence-electron chi connectivity index (χ4n) is 3.34. The van der Waals surface area contributed by atoms with Crippen LogP contribution >= 0.6 is 23.1 Å². The average molecular weight is 442 g/mol. The number of thiazole rings is 1. The number of aromatic nitrogens is 1. The molecule has 30 heavy (non-hydrogen) atoms. The molecule has 2 amide bonds. The minimum atomic E-state index is -0.304. The second-order valence-corrected chi connectivity index (χ2v) is 8.71. The third kappa shape index (κ3) is 4.88. The molecule has 8 heteroatoms. The number of fused-ring (bicyclic) bond motifs is 1. The van der Waals surface area contributed by atoms with Crippen LogP contribution in [-0.4, -0.2) is 34.8 Å². The number of carbonyl (C=O) groups excluding carboxylic acids is 2. The molecule has 1 aromatic heterocycles. The molecule has 1 aliphatic heterocycles. The fourth-order valence-corrected chi connectivity index (χ4v) is 4.77. The van der Waals surface area contributed by atoms with Crippen LogP contribution in [0.5, 0.6) is 0 Å². The molecule has 2 heterocycles. The summed E-state index contributed by atoms with van der Waals surface area (Å²) in [7, 11) is 0. The van der Waals surface area contributed by atoms with E-state index in [1.165, 1.54) is 40.8 Å². The number of rotatable bonds is 6. The number of amides is 2. The lowest BCUT2D eigenvalue weighted by molar-refractivity contribution is -0.116. The Kier molecular flexibility index (Phi) is 6.44. The van der Waals surface area contributed by atoms with Gasteiger partial charge in [-0.2, -0.15) is 0 Å². The van der Waals surface area contributed by atoms with Crippen LogP contribution < -0.4 is 10.2 Å². The Morgan fingerprint density at radius 3 is 2.77 bits per heavy atom. The molecule has 0 unspecified atom stereocenters. The second kappa shape index (κ2) is 9.40. The number of hydrogen-bond acceptors (Lipinski definition) is 5. The van der Waals surface area contributed by atoms with E-state index in [1.54, 1.807) is 12.1 Å². The molecule has 0 bridgehead atoms. The van der Waals surface area contributed by atoms with Gasteiger partial charge in [0.1, 0.15) is 5.82 Å². The molecule has 0 fully saturated rings. The van der Waals surface area contributed by atoms with Gasteiger partial charge in [0, 0.05) is 23.2 Å². The molecular weight excluding hydrogens is 421 g/mol.